The van der Waals surface area contributed by atoms with Crippen molar-refractivity contribution in [2.75, 3.05) is 0 Å². The average molecular weight is 43.8 g/mol. The maximum Gasteiger partial charge on any atom is 1.00 e. The van der Waals surface area contributed by atoms with Crippen molar-refractivity contribution < 1.29 is 18.9 Å². The summed E-state index contributed by atoms with van der Waals surface area (Å²) in [6.45, 7) is 4.50. The van der Waals surface area contributed by atoms with Gasteiger partial charge in [0.2, 0.25) is 0 Å². The van der Waals surface area contributed by atoms with Crippen molar-refractivity contribution in [3.8, 4) is 0 Å². The summed E-state index contributed by atoms with van der Waals surface area (Å²) in [6, 6.07) is 0. The Hall–Kier alpha value is 0.402. The molecule has 0 unspecified atom stereocenters. The van der Waals surface area contributed by atoms with E-state index in [1.54, 1.807) is 0 Å². The van der Waals surface area contributed by atoms with Gasteiger partial charge in [0.25, 0.3) is 0 Å². The zero-order valence-corrected chi connectivity index (χ0v) is 2.73. The third kappa shape index (κ3) is 29.2. The fourth-order valence-electron chi connectivity index (χ4n) is 0. The van der Waals surface area contributed by atoms with Gasteiger partial charge < -0.3 is 12.6 Å². The van der Waals surface area contributed by atoms with Gasteiger partial charge in [0.1, 0.15) is 0 Å². The number of hydrogen-bond acceptors (Lipinski definition) is 0. The molecule has 0 spiro atoms. The van der Waals surface area contributed by atoms with Crippen LogP contribution >= 0.6 is 0 Å². The van der Waals surface area contributed by atoms with Crippen molar-refractivity contribution in [2.24, 2.45) is 0 Å². The molecule has 0 aliphatic heterocycles. The van der Waals surface area contributed by atoms with Crippen LogP contribution in [-0.4, -0.2) is 7.85 Å². The van der Waals surface area contributed by atoms with Gasteiger partial charge in [-0.3, -0.25) is 0 Å². The first-order chi connectivity index (χ1) is 1.41. The summed E-state index contributed by atoms with van der Waals surface area (Å²) in [4.78, 5) is 0. The van der Waals surface area contributed by atoms with Gasteiger partial charge in [-0.1, -0.05) is 0 Å². The third-order valence-corrected chi connectivity index (χ3v) is 0. The van der Waals surface area contributed by atoms with Gasteiger partial charge in [-0.05, 0) is 0 Å². The number of rotatable bonds is 0. The van der Waals surface area contributed by atoms with Crippen molar-refractivity contribution in [1.29, 1.82) is 0 Å². The molecule has 0 aromatic rings. The minimum Gasteiger partial charge on any atom is -0.528 e. The molecular formula is C2H2BLi. The molecule has 0 atom stereocenters. The van der Waals surface area contributed by atoms with Crippen LogP contribution in [0.5, 0.6) is 0 Å². The predicted molar refractivity (Wildman–Crippen MR) is 14.6 cm³/mol. The van der Waals surface area contributed by atoms with E-state index in [2.05, 4.69) is 14.4 Å². The molecule has 14 valence electrons. The first-order valence-corrected chi connectivity index (χ1v) is 0.667. The van der Waals surface area contributed by atoms with Gasteiger partial charge >= 0.3 is 18.9 Å². The summed E-state index contributed by atoms with van der Waals surface area (Å²) >= 11 is 0. The molecule has 4 heavy (non-hydrogen) atoms. The Morgan fingerprint density at radius 1 is 1.75 bits per heavy atom. The normalized spacial score (nSPS) is 3.00. The molecule has 0 aromatic carbocycles. The van der Waals surface area contributed by atoms with Crippen LogP contribution in [-0.2, 0) is 0 Å². The molecule has 0 rings (SSSR count). The summed E-state index contributed by atoms with van der Waals surface area (Å²) in [5, 5.41) is 0. The van der Waals surface area contributed by atoms with Crippen molar-refractivity contribution in [1.82, 2.24) is 0 Å². The van der Waals surface area contributed by atoms with Crippen molar-refractivity contribution in [2.45, 2.75) is 0 Å². The predicted octanol–water partition coefficient (Wildman–Crippen LogP) is -2.89. The van der Waals surface area contributed by atoms with E-state index >= 15 is 0 Å². The Labute approximate surface area is 39.9 Å². The van der Waals surface area contributed by atoms with Crippen LogP contribution in [0.4, 0.5) is 0 Å². The van der Waals surface area contributed by atoms with Gasteiger partial charge in [0.05, 0.1) is 7.85 Å². The summed E-state index contributed by atoms with van der Waals surface area (Å²) in [6.07, 6.45) is 0. The van der Waals surface area contributed by atoms with Crippen molar-refractivity contribution in [3.05, 3.63) is 12.6 Å². The fraction of sp³-hybridized carbons (Fsp3) is 0. The molecule has 0 bridgehead atoms. The first-order valence-electron chi connectivity index (χ1n) is 0.667. The van der Waals surface area contributed by atoms with Gasteiger partial charge in [-0.2, -0.15) is 0 Å². The molecule has 0 saturated carbocycles. The quantitative estimate of drug-likeness (QED) is 0.202. The van der Waals surface area contributed by atoms with E-state index < -0.39 is 0 Å². The summed E-state index contributed by atoms with van der Waals surface area (Å²) in [5.74, 6) is 1.00. The molecule has 0 aromatic heterocycles. The SMILES string of the molecule is [B]C=[CH-].[Li+]. The standard InChI is InChI=1S/C2H2B.Li/c1-2-3;/h1-2H;/q-1;+1. The molecule has 0 heterocycles. The monoisotopic (exact) mass is 44.0 g/mol. The van der Waals surface area contributed by atoms with Gasteiger partial charge in [0.15, 0.2) is 0 Å². The zero-order chi connectivity index (χ0) is 2.71. The number of hydrogen-bond donors (Lipinski definition) is 0. The molecule has 0 amide bonds. The van der Waals surface area contributed by atoms with Gasteiger partial charge in [-0.15, -0.1) is 0 Å². The zero-order valence-electron chi connectivity index (χ0n) is 2.73. The smallest absolute Gasteiger partial charge is 0.528 e. The first kappa shape index (κ1) is 8.83. The van der Waals surface area contributed by atoms with Crippen molar-refractivity contribution >= 4 is 7.85 Å². The van der Waals surface area contributed by atoms with E-state index in [9.17, 15) is 0 Å². The molecule has 0 nitrogen and oxygen atoms in total. The average Bonchev–Trinajstić information content (AvgIpc) is 0.918. The van der Waals surface area contributed by atoms with Crippen LogP contribution < -0.4 is 18.9 Å². The van der Waals surface area contributed by atoms with E-state index in [0.717, 1.165) is 5.98 Å². The molecule has 2 heteroatoms. The van der Waals surface area contributed by atoms with E-state index in [0.29, 0.717) is 0 Å². The summed E-state index contributed by atoms with van der Waals surface area (Å²) in [5.41, 5.74) is 0. The summed E-state index contributed by atoms with van der Waals surface area (Å²) in [7, 11) is 4.50. The summed E-state index contributed by atoms with van der Waals surface area (Å²) < 4.78 is 0. The van der Waals surface area contributed by atoms with E-state index in [1.807, 2.05) is 0 Å². The minimum absolute atomic E-state index is 0. The third-order valence-electron chi connectivity index (χ3n) is 0. The van der Waals surface area contributed by atoms with Gasteiger partial charge in [-0.25, -0.2) is 0 Å². The van der Waals surface area contributed by atoms with E-state index in [-0.39, 0.29) is 18.9 Å². The van der Waals surface area contributed by atoms with Crippen molar-refractivity contribution in [3.63, 3.8) is 0 Å². The van der Waals surface area contributed by atoms with Crippen LogP contribution in [0.15, 0.2) is 5.98 Å². The molecular weight excluding hydrogens is 41.8 g/mol. The minimum atomic E-state index is 0. The largest absolute Gasteiger partial charge is 1.00 e. The molecule has 0 aliphatic rings. The Morgan fingerprint density at radius 3 is 1.75 bits per heavy atom. The second-order valence-electron chi connectivity index (χ2n) is 0.192. The van der Waals surface area contributed by atoms with Crippen LogP contribution in [0.25, 0.3) is 0 Å². The van der Waals surface area contributed by atoms with Crippen LogP contribution in [0.1, 0.15) is 0 Å². The maximum atomic E-state index is 4.50. The second-order valence-corrected chi connectivity index (χ2v) is 0.192. The van der Waals surface area contributed by atoms with Crippen LogP contribution in [0.2, 0.25) is 0 Å². The molecule has 0 aliphatic carbocycles. The molecule has 0 N–H and O–H groups in total. The fourth-order valence-corrected chi connectivity index (χ4v) is 0. The molecule has 0 saturated heterocycles. The maximum absolute atomic E-state index is 4.50. The van der Waals surface area contributed by atoms with Gasteiger partial charge in [0, 0.05) is 0 Å². The second kappa shape index (κ2) is 9.98. The van der Waals surface area contributed by atoms with Crippen LogP contribution in [0.3, 0.4) is 0 Å². The molecule has 0 fully saturated rings. The van der Waals surface area contributed by atoms with E-state index in [4.69, 9.17) is 0 Å². The van der Waals surface area contributed by atoms with Crippen LogP contribution in [0, 0.1) is 6.58 Å². The Balaban J connectivity index is 0. The topological polar surface area (TPSA) is 0 Å². The Bertz CT molecular complexity index is 13.5. The Morgan fingerprint density at radius 2 is 1.75 bits per heavy atom. The Kier molecular flexibility index (Phi) is 22.0. The van der Waals surface area contributed by atoms with E-state index in [1.165, 1.54) is 0 Å². The molecule has 2 radical (unpaired) electrons.